The highest BCUT2D eigenvalue weighted by Crippen LogP contribution is 2.15. The van der Waals surface area contributed by atoms with Gasteiger partial charge in [0.05, 0.1) is 24.2 Å². The highest BCUT2D eigenvalue weighted by molar-refractivity contribution is 7.92. The Balaban J connectivity index is 2.33. The summed E-state index contributed by atoms with van der Waals surface area (Å²) in [6.45, 7) is 3.38. The van der Waals surface area contributed by atoms with E-state index in [1.807, 2.05) is 13.8 Å². The van der Waals surface area contributed by atoms with E-state index in [1.54, 1.807) is 0 Å². The van der Waals surface area contributed by atoms with Crippen LogP contribution in [0.15, 0.2) is 11.2 Å². The number of aromatic nitrogens is 5. The molecule has 0 bridgehead atoms. The van der Waals surface area contributed by atoms with Crippen molar-refractivity contribution in [1.29, 1.82) is 0 Å². The summed E-state index contributed by atoms with van der Waals surface area (Å²) >= 11 is 0. The first-order chi connectivity index (χ1) is 10.0. The van der Waals surface area contributed by atoms with Gasteiger partial charge in [-0.2, -0.15) is 13.5 Å². The Morgan fingerprint density at radius 1 is 1.24 bits per heavy atom. The SMILES string of the molecule is CCc1nnc(NS(=O)(=O)c2[nH]ncc2CO)nc1CC. The predicted molar refractivity (Wildman–Crippen MR) is 73.9 cm³/mol. The lowest BCUT2D eigenvalue weighted by molar-refractivity contribution is 0.278. The highest BCUT2D eigenvalue weighted by atomic mass is 32.2. The number of nitrogens with zero attached hydrogens (tertiary/aromatic N) is 4. The lowest BCUT2D eigenvalue weighted by atomic mass is 10.2. The van der Waals surface area contributed by atoms with Gasteiger partial charge >= 0.3 is 0 Å². The fourth-order valence-electron chi connectivity index (χ4n) is 1.80. The van der Waals surface area contributed by atoms with E-state index in [0.717, 1.165) is 5.69 Å². The van der Waals surface area contributed by atoms with Gasteiger partial charge in [0.2, 0.25) is 0 Å². The van der Waals surface area contributed by atoms with E-state index >= 15 is 0 Å². The highest BCUT2D eigenvalue weighted by Gasteiger charge is 2.22. The number of anilines is 1. The van der Waals surface area contributed by atoms with Gasteiger partial charge in [-0.1, -0.05) is 13.8 Å². The summed E-state index contributed by atoms with van der Waals surface area (Å²) in [7, 11) is -3.95. The second kappa shape index (κ2) is 6.14. The zero-order valence-corrected chi connectivity index (χ0v) is 12.5. The maximum absolute atomic E-state index is 12.2. The molecule has 2 aromatic heterocycles. The molecule has 2 rings (SSSR count). The van der Waals surface area contributed by atoms with Crippen LogP contribution in [0.25, 0.3) is 0 Å². The lowest BCUT2D eigenvalue weighted by Gasteiger charge is -2.08. The van der Waals surface area contributed by atoms with Gasteiger partial charge in [-0.3, -0.25) is 5.10 Å². The number of nitrogens with one attached hydrogen (secondary N) is 2. The van der Waals surface area contributed by atoms with Crippen LogP contribution < -0.4 is 4.72 Å². The van der Waals surface area contributed by atoms with Crippen LogP contribution in [0, 0.1) is 0 Å². The number of aliphatic hydroxyl groups excluding tert-OH is 1. The molecule has 0 aliphatic heterocycles. The number of rotatable bonds is 6. The maximum atomic E-state index is 12.2. The number of hydrogen-bond donors (Lipinski definition) is 3. The predicted octanol–water partition coefficient (Wildman–Crippen LogP) is 0.0126. The third-order valence-electron chi connectivity index (χ3n) is 2.85. The molecule has 0 atom stereocenters. The van der Waals surface area contributed by atoms with Crippen LogP contribution in [0.5, 0.6) is 0 Å². The molecule has 0 aromatic carbocycles. The first-order valence-electron chi connectivity index (χ1n) is 6.40. The Bertz CT molecular complexity index is 727. The number of aliphatic hydroxyl groups is 1. The van der Waals surface area contributed by atoms with Crippen molar-refractivity contribution >= 4 is 16.0 Å². The second-order valence-electron chi connectivity index (χ2n) is 4.22. The van der Waals surface area contributed by atoms with Crippen molar-refractivity contribution in [3.8, 4) is 0 Å². The van der Waals surface area contributed by atoms with Crippen molar-refractivity contribution < 1.29 is 13.5 Å². The van der Waals surface area contributed by atoms with Crippen LogP contribution in [0.2, 0.25) is 0 Å². The molecular formula is C11H16N6O3S. The van der Waals surface area contributed by atoms with Crippen molar-refractivity contribution in [3.05, 3.63) is 23.1 Å². The van der Waals surface area contributed by atoms with E-state index in [1.165, 1.54) is 6.20 Å². The van der Waals surface area contributed by atoms with Gasteiger partial charge < -0.3 is 5.11 Å². The number of sulfonamides is 1. The minimum atomic E-state index is -3.95. The minimum absolute atomic E-state index is 0.109. The van der Waals surface area contributed by atoms with E-state index in [2.05, 4.69) is 30.1 Å². The van der Waals surface area contributed by atoms with Crippen LogP contribution in [0.1, 0.15) is 30.8 Å². The second-order valence-corrected chi connectivity index (χ2v) is 5.84. The average Bonchev–Trinajstić information content (AvgIpc) is 2.96. The average molecular weight is 312 g/mol. The Morgan fingerprint density at radius 2 is 1.95 bits per heavy atom. The van der Waals surface area contributed by atoms with Crippen molar-refractivity contribution in [1.82, 2.24) is 25.4 Å². The van der Waals surface area contributed by atoms with Crippen LogP contribution in [-0.4, -0.2) is 38.9 Å². The van der Waals surface area contributed by atoms with E-state index in [0.29, 0.717) is 18.5 Å². The quantitative estimate of drug-likeness (QED) is 0.684. The van der Waals surface area contributed by atoms with Gasteiger partial charge in [0, 0.05) is 5.56 Å². The number of aromatic amines is 1. The summed E-state index contributed by atoms with van der Waals surface area (Å²) in [6, 6.07) is 0. The van der Waals surface area contributed by atoms with Gasteiger partial charge in [0.25, 0.3) is 16.0 Å². The van der Waals surface area contributed by atoms with Gasteiger partial charge in [-0.05, 0) is 12.8 Å². The fraction of sp³-hybridized carbons (Fsp3) is 0.455. The number of H-pyrrole nitrogens is 1. The normalized spacial score (nSPS) is 11.6. The summed E-state index contributed by atoms with van der Waals surface area (Å²) in [5.41, 5.74) is 1.59. The zero-order chi connectivity index (χ0) is 15.5. The third kappa shape index (κ3) is 3.16. The maximum Gasteiger partial charge on any atom is 0.281 e. The molecule has 3 N–H and O–H groups in total. The van der Waals surface area contributed by atoms with Crippen LogP contribution in [0.4, 0.5) is 5.95 Å². The molecular weight excluding hydrogens is 296 g/mol. The Hall–Kier alpha value is -2.07. The summed E-state index contributed by atoms with van der Waals surface area (Å²) in [5.74, 6) is -0.109. The molecule has 9 nitrogen and oxygen atoms in total. The van der Waals surface area contributed by atoms with Crippen LogP contribution in [-0.2, 0) is 29.5 Å². The molecule has 0 fully saturated rings. The Morgan fingerprint density at radius 3 is 2.57 bits per heavy atom. The molecule has 2 aromatic rings. The van der Waals surface area contributed by atoms with Gasteiger partial charge in [0.15, 0.2) is 5.03 Å². The molecule has 114 valence electrons. The van der Waals surface area contributed by atoms with Crippen molar-refractivity contribution in [3.63, 3.8) is 0 Å². The number of hydrogen-bond acceptors (Lipinski definition) is 7. The topological polar surface area (TPSA) is 134 Å². The lowest BCUT2D eigenvalue weighted by Crippen LogP contribution is -2.18. The molecule has 21 heavy (non-hydrogen) atoms. The fourth-order valence-corrected chi connectivity index (χ4v) is 2.86. The van der Waals surface area contributed by atoms with Crippen molar-refractivity contribution in [2.45, 2.75) is 38.3 Å². The van der Waals surface area contributed by atoms with Crippen LogP contribution >= 0.6 is 0 Å². The third-order valence-corrected chi connectivity index (χ3v) is 4.19. The van der Waals surface area contributed by atoms with E-state index in [4.69, 9.17) is 5.11 Å². The number of aryl methyl sites for hydroxylation is 2. The molecule has 0 amide bonds. The minimum Gasteiger partial charge on any atom is -0.392 e. The smallest absolute Gasteiger partial charge is 0.281 e. The van der Waals surface area contributed by atoms with Crippen molar-refractivity contribution in [2.24, 2.45) is 0 Å². The Kier molecular flexibility index (Phi) is 4.48. The van der Waals surface area contributed by atoms with Gasteiger partial charge in [-0.25, -0.2) is 9.71 Å². The molecule has 10 heteroatoms. The van der Waals surface area contributed by atoms with Gasteiger partial charge in [0.1, 0.15) is 0 Å². The monoisotopic (exact) mass is 312 g/mol. The molecule has 0 saturated carbocycles. The van der Waals surface area contributed by atoms with E-state index in [-0.39, 0.29) is 16.5 Å². The summed E-state index contributed by atoms with van der Waals surface area (Å²) in [4.78, 5) is 4.15. The largest absolute Gasteiger partial charge is 0.392 e. The molecule has 0 aliphatic carbocycles. The molecule has 0 radical (unpaired) electrons. The summed E-state index contributed by atoms with van der Waals surface area (Å²) in [6.07, 6.45) is 2.54. The first-order valence-corrected chi connectivity index (χ1v) is 7.88. The standard InChI is InChI=1S/C11H16N6O3S/c1-3-8-9(4-2)14-16-11(13-8)17-21(19,20)10-7(6-18)5-12-15-10/h5,18H,3-4,6H2,1-2H3,(H,12,15)(H,13,16,17). The Labute approximate surface area is 121 Å². The van der Waals surface area contributed by atoms with Crippen LogP contribution in [0.3, 0.4) is 0 Å². The zero-order valence-electron chi connectivity index (χ0n) is 11.7. The molecule has 2 heterocycles. The summed E-state index contributed by atoms with van der Waals surface area (Å²) < 4.78 is 26.6. The molecule has 0 spiro atoms. The van der Waals surface area contributed by atoms with E-state index in [9.17, 15) is 8.42 Å². The van der Waals surface area contributed by atoms with Gasteiger partial charge in [-0.15, -0.1) is 10.2 Å². The summed E-state index contributed by atoms with van der Waals surface area (Å²) in [5, 5.41) is 22.5. The molecule has 0 saturated heterocycles. The molecule has 0 unspecified atom stereocenters. The molecule has 0 aliphatic rings. The van der Waals surface area contributed by atoms with E-state index < -0.39 is 16.6 Å². The van der Waals surface area contributed by atoms with Crippen molar-refractivity contribution in [2.75, 3.05) is 4.72 Å². The first kappa shape index (κ1) is 15.3.